The van der Waals surface area contributed by atoms with Gasteiger partial charge in [-0.25, -0.2) is 0 Å². The number of hydrogen-bond donors (Lipinski definition) is 1. The molecule has 1 N–H and O–H groups in total. The standard InChI is InChI=1S/C18H19NO/c1-13-17(12-20)11-16-9-5-8-15(18(16)19-13)10-14-6-3-2-4-7-14/h2-4,6-7,10-11,20H,5,8-9,12H2,1H3/b15-10-. The molecule has 1 aromatic carbocycles. The molecule has 0 saturated carbocycles. The Morgan fingerprint density at radius 2 is 2.00 bits per heavy atom. The van der Waals surface area contributed by atoms with Gasteiger partial charge in [0.25, 0.3) is 0 Å². The van der Waals surface area contributed by atoms with Gasteiger partial charge >= 0.3 is 0 Å². The molecule has 2 nitrogen and oxygen atoms in total. The van der Waals surface area contributed by atoms with Crippen molar-refractivity contribution in [3.05, 3.63) is 64.5 Å². The van der Waals surface area contributed by atoms with E-state index < -0.39 is 0 Å². The highest BCUT2D eigenvalue weighted by Crippen LogP contribution is 2.32. The molecule has 2 aromatic rings. The maximum absolute atomic E-state index is 9.37. The van der Waals surface area contributed by atoms with Crippen LogP contribution in [0.15, 0.2) is 36.4 Å². The second kappa shape index (κ2) is 5.59. The van der Waals surface area contributed by atoms with Gasteiger partial charge in [0, 0.05) is 5.69 Å². The molecule has 0 aliphatic heterocycles. The normalized spacial score (nSPS) is 16.2. The molecule has 0 saturated heterocycles. The summed E-state index contributed by atoms with van der Waals surface area (Å²) < 4.78 is 0. The molecule has 1 aromatic heterocycles. The van der Waals surface area contributed by atoms with E-state index in [2.05, 4.69) is 36.4 Å². The Hall–Kier alpha value is -1.93. The van der Waals surface area contributed by atoms with Crippen LogP contribution in [0, 0.1) is 6.92 Å². The van der Waals surface area contributed by atoms with Crippen molar-refractivity contribution in [3.63, 3.8) is 0 Å². The van der Waals surface area contributed by atoms with Gasteiger partial charge < -0.3 is 5.11 Å². The highest BCUT2D eigenvalue weighted by atomic mass is 16.3. The van der Waals surface area contributed by atoms with Crippen molar-refractivity contribution in [1.29, 1.82) is 0 Å². The summed E-state index contributed by atoms with van der Waals surface area (Å²) in [7, 11) is 0. The molecule has 0 fully saturated rings. The summed E-state index contributed by atoms with van der Waals surface area (Å²) in [4.78, 5) is 4.73. The third-order valence-corrected chi connectivity index (χ3v) is 3.90. The maximum atomic E-state index is 9.37. The topological polar surface area (TPSA) is 33.1 Å². The van der Waals surface area contributed by atoms with Crippen molar-refractivity contribution in [2.75, 3.05) is 0 Å². The van der Waals surface area contributed by atoms with E-state index in [9.17, 15) is 5.11 Å². The minimum atomic E-state index is 0.0733. The van der Waals surface area contributed by atoms with Crippen molar-refractivity contribution >= 4 is 11.6 Å². The Morgan fingerprint density at radius 3 is 2.75 bits per heavy atom. The first-order valence-corrected chi connectivity index (χ1v) is 7.14. The van der Waals surface area contributed by atoms with Crippen molar-refractivity contribution in [2.45, 2.75) is 32.8 Å². The smallest absolute Gasteiger partial charge is 0.0699 e. The van der Waals surface area contributed by atoms with Gasteiger partial charge in [-0.2, -0.15) is 0 Å². The van der Waals surface area contributed by atoms with Gasteiger partial charge in [-0.15, -0.1) is 0 Å². The highest BCUT2D eigenvalue weighted by molar-refractivity contribution is 5.82. The first kappa shape index (κ1) is 13.1. The number of hydrogen-bond acceptors (Lipinski definition) is 2. The fraction of sp³-hybridized carbons (Fsp3) is 0.278. The highest BCUT2D eigenvalue weighted by Gasteiger charge is 2.17. The molecular formula is C18H19NO. The fourth-order valence-corrected chi connectivity index (χ4v) is 2.80. The van der Waals surface area contributed by atoms with Gasteiger partial charge in [0.15, 0.2) is 0 Å². The summed E-state index contributed by atoms with van der Waals surface area (Å²) in [5.41, 5.74) is 6.81. The van der Waals surface area contributed by atoms with Crippen LogP contribution in [0.25, 0.3) is 11.6 Å². The van der Waals surface area contributed by atoms with Crippen LogP contribution in [0.3, 0.4) is 0 Å². The summed E-state index contributed by atoms with van der Waals surface area (Å²) in [6, 6.07) is 12.5. The van der Waals surface area contributed by atoms with Crippen LogP contribution in [0.4, 0.5) is 0 Å². The number of fused-ring (bicyclic) bond motifs is 1. The lowest BCUT2D eigenvalue weighted by Gasteiger charge is -2.20. The number of aliphatic hydroxyl groups is 1. The van der Waals surface area contributed by atoms with E-state index in [1.54, 1.807) is 0 Å². The molecule has 0 bridgehead atoms. The molecule has 3 rings (SSSR count). The monoisotopic (exact) mass is 265 g/mol. The van der Waals surface area contributed by atoms with E-state index in [-0.39, 0.29) is 6.61 Å². The first-order chi connectivity index (χ1) is 9.78. The SMILES string of the molecule is Cc1nc2c(cc1CO)CCC/C2=C/c1ccccc1. The Bertz CT molecular complexity index is 644. The lowest BCUT2D eigenvalue weighted by Crippen LogP contribution is -2.08. The molecule has 0 spiro atoms. The Balaban J connectivity index is 2.06. The van der Waals surface area contributed by atoms with Crippen molar-refractivity contribution < 1.29 is 5.11 Å². The number of nitrogens with zero attached hydrogens (tertiary/aromatic N) is 1. The number of allylic oxidation sites excluding steroid dienone is 1. The quantitative estimate of drug-likeness (QED) is 0.897. The zero-order chi connectivity index (χ0) is 13.9. The van der Waals surface area contributed by atoms with Gasteiger partial charge in [0.1, 0.15) is 0 Å². The van der Waals surface area contributed by atoms with E-state index in [0.29, 0.717) is 0 Å². The van der Waals surface area contributed by atoms with Crippen LogP contribution in [-0.4, -0.2) is 10.1 Å². The maximum Gasteiger partial charge on any atom is 0.0699 e. The van der Waals surface area contributed by atoms with E-state index >= 15 is 0 Å². The molecule has 1 heterocycles. The first-order valence-electron chi connectivity index (χ1n) is 7.14. The number of pyridine rings is 1. The predicted molar refractivity (Wildman–Crippen MR) is 82.1 cm³/mol. The molecule has 20 heavy (non-hydrogen) atoms. The summed E-state index contributed by atoms with van der Waals surface area (Å²) in [5, 5.41) is 9.37. The molecule has 0 amide bonds. The van der Waals surface area contributed by atoms with E-state index in [1.165, 1.54) is 16.7 Å². The summed E-state index contributed by atoms with van der Waals surface area (Å²) in [5.74, 6) is 0. The average Bonchev–Trinajstić information content (AvgIpc) is 2.48. The van der Waals surface area contributed by atoms with Crippen LogP contribution in [0.5, 0.6) is 0 Å². The fourth-order valence-electron chi connectivity index (χ4n) is 2.80. The van der Waals surface area contributed by atoms with Crippen LogP contribution in [0.1, 0.15) is 40.9 Å². The van der Waals surface area contributed by atoms with Crippen molar-refractivity contribution in [3.8, 4) is 0 Å². The predicted octanol–water partition coefficient (Wildman–Crippen LogP) is 3.76. The minimum Gasteiger partial charge on any atom is -0.392 e. The summed E-state index contributed by atoms with van der Waals surface area (Å²) in [6.45, 7) is 2.05. The molecular weight excluding hydrogens is 246 g/mol. The third-order valence-electron chi connectivity index (χ3n) is 3.90. The van der Waals surface area contributed by atoms with Crippen LogP contribution < -0.4 is 0 Å². The number of benzene rings is 1. The van der Waals surface area contributed by atoms with Crippen molar-refractivity contribution in [1.82, 2.24) is 4.98 Å². The second-order valence-electron chi connectivity index (χ2n) is 5.33. The Morgan fingerprint density at radius 1 is 1.20 bits per heavy atom. The van der Waals surface area contributed by atoms with Crippen LogP contribution >= 0.6 is 0 Å². The van der Waals surface area contributed by atoms with E-state index in [4.69, 9.17) is 4.98 Å². The van der Waals surface area contributed by atoms with Crippen LogP contribution in [-0.2, 0) is 13.0 Å². The molecule has 0 atom stereocenters. The van der Waals surface area contributed by atoms with Crippen LogP contribution in [0.2, 0.25) is 0 Å². The number of aryl methyl sites for hydroxylation is 2. The summed E-state index contributed by atoms with van der Waals surface area (Å²) >= 11 is 0. The zero-order valence-corrected chi connectivity index (χ0v) is 11.8. The van der Waals surface area contributed by atoms with Crippen molar-refractivity contribution in [2.24, 2.45) is 0 Å². The number of aliphatic hydroxyl groups excluding tert-OH is 1. The molecule has 0 unspecified atom stereocenters. The van der Waals surface area contributed by atoms with E-state index in [1.807, 2.05) is 13.0 Å². The minimum absolute atomic E-state index is 0.0733. The zero-order valence-electron chi connectivity index (χ0n) is 11.8. The largest absolute Gasteiger partial charge is 0.392 e. The number of aromatic nitrogens is 1. The molecule has 0 radical (unpaired) electrons. The Kier molecular flexibility index (Phi) is 3.66. The average molecular weight is 265 g/mol. The second-order valence-corrected chi connectivity index (χ2v) is 5.33. The lowest BCUT2D eigenvalue weighted by molar-refractivity contribution is 0.280. The molecule has 1 aliphatic rings. The molecule has 1 aliphatic carbocycles. The Labute approximate surface area is 119 Å². The van der Waals surface area contributed by atoms with Gasteiger partial charge in [0.2, 0.25) is 0 Å². The van der Waals surface area contributed by atoms with Gasteiger partial charge in [-0.3, -0.25) is 4.98 Å². The third kappa shape index (κ3) is 2.52. The summed E-state index contributed by atoms with van der Waals surface area (Å²) in [6.07, 6.45) is 5.53. The lowest BCUT2D eigenvalue weighted by atomic mass is 9.89. The van der Waals surface area contributed by atoms with Gasteiger partial charge in [-0.1, -0.05) is 30.3 Å². The molecule has 102 valence electrons. The van der Waals surface area contributed by atoms with E-state index in [0.717, 1.165) is 36.2 Å². The molecule has 2 heteroatoms. The van der Waals surface area contributed by atoms with Gasteiger partial charge in [-0.05, 0) is 60.6 Å². The number of rotatable bonds is 2. The van der Waals surface area contributed by atoms with Gasteiger partial charge in [0.05, 0.1) is 12.3 Å².